The van der Waals surface area contributed by atoms with Gasteiger partial charge in [-0.25, -0.2) is 4.79 Å². The summed E-state index contributed by atoms with van der Waals surface area (Å²) in [6.07, 6.45) is 1.06. The van der Waals surface area contributed by atoms with Crippen LogP contribution in [-0.2, 0) is 4.74 Å². The molecule has 1 aromatic rings. The van der Waals surface area contributed by atoms with Crippen LogP contribution in [0.4, 0.5) is 10.5 Å². The Labute approximate surface area is 127 Å². The van der Waals surface area contributed by atoms with Crippen molar-refractivity contribution in [3.05, 3.63) is 28.3 Å². The highest BCUT2D eigenvalue weighted by molar-refractivity contribution is 6.33. The molecule has 1 spiro atoms. The van der Waals surface area contributed by atoms with Crippen molar-refractivity contribution >= 4 is 23.4 Å². The average molecular weight is 307 g/mol. The summed E-state index contributed by atoms with van der Waals surface area (Å²) in [5, 5.41) is 19.4. The number of halogens is 1. The molecule has 3 rings (SSSR count). The van der Waals surface area contributed by atoms with E-state index in [2.05, 4.69) is 0 Å². The zero-order valence-electron chi connectivity index (χ0n) is 11.6. The molecule has 5 nitrogen and oxygen atoms in total. The summed E-state index contributed by atoms with van der Waals surface area (Å²) in [5.74, 6) is 0. The minimum atomic E-state index is -0.802. The normalized spacial score (nSPS) is 28.0. The number of nitriles is 1. The van der Waals surface area contributed by atoms with Crippen molar-refractivity contribution in [2.45, 2.75) is 37.9 Å². The maximum atomic E-state index is 12.2. The SMILES string of the molecule is Cc1c(N2CC3(CCCC3O)OC2=O)ccc(C#N)c1Cl. The minimum Gasteiger partial charge on any atom is -0.438 e. The maximum absolute atomic E-state index is 12.2. The molecule has 2 aliphatic rings. The summed E-state index contributed by atoms with van der Waals surface area (Å²) in [7, 11) is 0. The highest BCUT2D eigenvalue weighted by Crippen LogP contribution is 2.42. The molecule has 0 aromatic heterocycles. The van der Waals surface area contributed by atoms with E-state index in [0.717, 1.165) is 6.42 Å². The van der Waals surface area contributed by atoms with Crippen molar-refractivity contribution in [1.29, 1.82) is 5.26 Å². The molecule has 2 atom stereocenters. The number of anilines is 1. The molecular weight excluding hydrogens is 292 g/mol. The van der Waals surface area contributed by atoms with E-state index in [1.807, 2.05) is 6.07 Å². The van der Waals surface area contributed by atoms with Gasteiger partial charge in [0.1, 0.15) is 6.07 Å². The number of aliphatic hydroxyl groups excluding tert-OH is 1. The van der Waals surface area contributed by atoms with E-state index in [9.17, 15) is 9.90 Å². The number of carbonyl (C=O) groups is 1. The Morgan fingerprint density at radius 2 is 2.33 bits per heavy atom. The van der Waals surface area contributed by atoms with E-state index in [-0.39, 0.29) is 0 Å². The smallest absolute Gasteiger partial charge is 0.415 e. The fourth-order valence-electron chi connectivity index (χ4n) is 3.16. The second-order valence-corrected chi connectivity index (χ2v) is 5.99. The van der Waals surface area contributed by atoms with Gasteiger partial charge in [0.25, 0.3) is 0 Å². The van der Waals surface area contributed by atoms with Gasteiger partial charge in [0.15, 0.2) is 5.60 Å². The van der Waals surface area contributed by atoms with E-state index in [0.29, 0.717) is 41.2 Å². The highest BCUT2D eigenvalue weighted by Gasteiger charge is 2.53. The lowest BCUT2D eigenvalue weighted by atomic mass is 9.99. The van der Waals surface area contributed by atoms with Gasteiger partial charge in [0, 0.05) is 0 Å². The molecule has 1 N–H and O–H groups in total. The number of ether oxygens (including phenoxy) is 1. The van der Waals surface area contributed by atoms with Crippen molar-refractivity contribution in [2.24, 2.45) is 0 Å². The Morgan fingerprint density at radius 1 is 1.57 bits per heavy atom. The fraction of sp³-hybridized carbons (Fsp3) is 0.467. The first-order valence-corrected chi connectivity index (χ1v) is 7.24. The van der Waals surface area contributed by atoms with Crippen molar-refractivity contribution in [2.75, 3.05) is 11.4 Å². The average Bonchev–Trinajstić information content (AvgIpc) is 2.97. The van der Waals surface area contributed by atoms with Crippen molar-refractivity contribution in [3.63, 3.8) is 0 Å². The third kappa shape index (κ3) is 2.06. The fourth-order valence-corrected chi connectivity index (χ4v) is 3.36. The number of amides is 1. The predicted octanol–water partition coefficient (Wildman–Crippen LogP) is 2.76. The first-order chi connectivity index (χ1) is 9.98. The van der Waals surface area contributed by atoms with Crippen LogP contribution >= 0.6 is 11.6 Å². The molecule has 110 valence electrons. The van der Waals surface area contributed by atoms with Crippen molar-refractivity contribution in [3.8, 4) is 6.07 Å². The van der Waals surface area contributed by atoms with Gasteiger partial charge in [-0.2, -0.15) is 5.26 Å². The van der Waals surface area contributed by atoms with E-state index < -0.39 is 17.8 Å². The molecule has 1 amide bonds. The zero-order valence-corrected chi connectivity index (χ0v) is 12.4. The molecule has 2 unspecified atom stereocenters. The van der Waals surface area contributed by atoms with E-state index >= 15 is 0 Å². The Hall–Kier alpha value is -1.77. The number of carbonyl (C=O) groups excluding carboxylic acids is 1. The predicted molar refractivity (Wildman–Crippen MR) is 77.3 cm³/mol. The first kappa shape index (κ1) is 14.2. The number of benzene rings is 1. The van der Waals surface area contributed by atoms with Gasteiger partial charge in [-0.1, -0.05) is 11.6 Å². The Kier molecular flexibility index (Phi) is 3.31. The van der Waals surface area contributed by atoms with Crippen LogP contribution in [0.25, 0.3) is 0 Å². The number of rotatable bonds is 1. The molecule has 0 bridgehead atoms. The third-order valence-corrected chi connectivity index (χ3v) is 4.88. The Morgan fingerprint density at radius 3 is 2.95 bits per heavy atom. The van der Waals surface area contributed by atoms with E-state index in [4.69, 9.17) is 21.6 Å². The van der Waals surface area contributed by atoms with Crippen LogP contribution in [0.3, 0.4) is 0 Å². The van der Waals surface area contributed by atoms with E-state index in [1.54, 1.807) is 19.1 Å². The van der Waals surface area contributed by atoms with Crippen LogP contribution < -0.4 is 4.90 Å². The molecule has 21 heavy (non-hydrogen) atoms. The van der Waals surface area contributed by atoms with Crippen LogP contribution in [0.5, 0.6) is 0 Å². The van der Waals surface area contributed by atoms with Gasteiger partial charge in [0.05, 0.1) is 28.9 Å². The summed E-state index contributed by atoms with van der Waals surface area (Å²) in [6, 6.07) is 5.30. The standard InChI is InChI=1S/C15H15ClN2O3/c1-9-11(5-4-10(7-17)13(9)16)18-8-15(21-14(18)20)6-2-3-12(15)19/h4-5,12,19H,2-3,6,8H2,1H3. The molecule has 0 radical (unpaired) electrons. The van der Waals surface area contributed by atoms with E-state index in [1.165, 1.54) is 4.90 Å². The monoisotopic (exact) mass is 306 g/mol. The minimum absolute atomic E-state index is 0.316. The lowest BCUT2D eigenvalue weighted by Gasteiger charge is -2.25. The van der Waals surface area contributed by atoms with Gasteiger partial charge in [-0.15, -0.1) is 0 Å². The number of nitrogens with zero attached hydrogens (tertiary/aromatic N) is 2. The Balaban J connectivity index is 1.97. The molecule has 1 saturated heterocycles. The van der Waals surface area contributed by atoms with Gasteiger partial charge in [-0.05, 0) is 43.9 Å². The molecule has 6 heteroatoms. The molecular formula is C15H15ClN2O3. The van der Waals surface area contributed by atoms with Gasteiger partial charge < -0.3 is 9.84 Å². The topological polar surface area (TPSA) is 73.6 Å². The van der Waals surface area contributed by atoms with Crippen LogP contribution in [0.15, 0.2) is 12.1 Å². The molecule has 1 aliphatic heterocycles. The summed E-state index contributed by atoms with van der Waals surface area (Å²) < 4.78 is 5.47. The summed E-state index contributed by atoms with van der Waals surface area (Å²) in [4.78, 5) is 13.7. The van der Waals surface area contributed by atoms with Crippen LogP contribution in [-0.4, -0.2) is 29.4 Å². The zero-order chi connectivity index (χ0) is 15.2. The number of hydrogen-bond donors (Lipinski definition) is 1. The van der Waals surface area contributed by atoms with Crippen molar-refractivity contribution in [1.82, 2.24) is 0 Å². The van der Waals surface area contributed by atoms with Crippen LogP contribution in [0, 0.1) is 18.3 Å². The molecule has 1 saturated carbocycles. The van der Waals surface area contributed by atoms with Crippen LogP contribution in [0.1, 0.15) is 30.4 Å². The molecule has 2 fully saturated rings. The van der Waals surface area contributed by atoms with Crippen molar-refractivity contribution < 1.29 is 14.6 Å². The largest absolute Gasteiger partial charge is 0.438 e. The van der Waals surface area contributed by atoms with Gasteiger partial charge in [-0.3, -0.25) is 4.90 Å². The quantitative estimate of drug-likeness (QED) is 0.866. The summed E-state index contributed by atoms with van der Waals surface area (Å²) in [6.45, 7) is 2.08. The molecule has 1 heterocycles. The lowest BCUT2D eigenvalue weighted by Crippen LogP contribution is -2.41. The molecule has 1 aromatic carbocycles. The third-order valence-electron chi connectivity index (χ3n) is 4.39. The number of aliphatic hydroxyl groups is 1. The van der Waals surface area contributed by atoms with Gasteiger partial charge >= 0.3 is 6.09 Å². The highest BCUT2D eigenvalue weighted by atomic mass is 35.5. The Bertz CT molecular complexity index is 655. The summed E-state index contributed by atoms with van der Waals surface area (Å²) >= 11 is 6.15. The maximum Gasteiger partial charge on any atom is 0.415 e. The summed E-state index contributed by atoms with van der Waals surface area (Å²) in [5.41, 5.74) is 0.863. The van der Waals surface area contributed by atoms with Gasteiger partial charge in [0.2, 0.25) is 0 Å². The second-order valence-electron chi connectivity index (χ2n) is 5.61. The second kappa shape index (κ2) is 4.90. The first-order valence-electron chi connectivity index (χ1n) is 6.86. The lowest BCUT2D eigenvalue weighted by molar-refractivity contribution is -0.0299. The number of hydrogen-bond acceptors (Lipinski definition) is 4. The van der Waals surface area contributed by atoms with Crippen LogP contribution in [0.2, 0.25) is 5.02 Å². The molecule has 1 aliphatic carbocycles.